The molecule has 120 valence electrons. The van der Waals surface area contributed by atoms with Crippen molar-refractivity contribution in [2.45, 2.75) is 12.5 Å². The quantitative estimate of drug-likeness (QED) is 0.861. The van der Waals surface area contributed by atoms with E-state index in [0.29, 0.717) is 15.6 Å². The molecule has 7 heteroatoms. The first kappa shape index (κ1) is 17.2. The summed E-state index contributed by atoms with van der Waals surface area (Å²) in [6, 6.07) is 8.78. The van der Waals surface area contributed by atoms with E-state index in [1.54, 1.807) is 18.2 Å². The van der Waals surface area contributed by atoms with Crippen LogP contribution in [0.3, 0.4) is 0 Å². The first-order valence-corrected chi connectivity index (χ1v) is 7.37. The van der Waals surface area contributed by atoms with E-state index >= 15 is 0 Å². The number of hydrogen-bond donors (Lipinski definition) is 2. The molecule has 0 bridgehead atoms. The third-order valence-electron chi connectivity index (χ3n) is 3.19. The van der Waals surface area contributed by atoms with Gasteiger partial charge in [-0.3, -0.25) is 4.79 Å². The number of aliphatic carboxylic acids is 1. The highest BCUT2D eigenvalue weighted by atomic mass is 35.5. The van der Waals surface area contributed by atoms with Crippen LogP contribution in [0.4, 0.5) is 4.39 Å². The van der Waals surface area contributed by atoms with E-state index in [-0.39, 0.29) is 12.0 Å². The van der Waals surface area contributed by atoms with Crippen LogP contribution in [0.15, 0.2) is 42.5 Å². The first-order chi connectivity index (χ1) is 10.9. The van der Waals surface area contributed by atoms with Gasteiger partial charge in [-0.2, -0.15) is 0 Å². The van der Waals surface area contributed by atoms with Gasteiger partial charge in [-0.15, -0.1) is 0 Å². The van der Waals surface area contributed by atoms with Gasteiger partial charge in [0.05, 0.1) is 5.56 Å². The molecule has 2 N–H and O–H groups in total. The Balaban J connectivity index is 2.22. The van der Waals surface area contributed by atoms with E-state index in [2.05, 4.69) is 5.32 Å². The van der Waals surface area contributed by atoms with Crippen molar-refractivity contribution >= 4 is 35.1 Å². The van der Waals surface area contributed by atoms with Crippen LogP contribution in [0.5, 0.6) is 0 Å². The molecule has 0 aliphatic carbocycles. The van der Waals surface area contributed by atoms with E-state index in [1.165, 1.54) is 18.2 Å². The van der Waals surface area contributed by atoms with Crippen LogP contribution in [0.2, 0.25) is 10.0 Å². The number of benzene rings is 2. The highest BCUT2D eigenvalue weighted by molar-refractivity contribution is 6.36. The van der Waals surface area contributed by atoms with Crippen molar-refractivity contribution < 1.29 is 19.1 Å². The molecule has 0 saturated heterocycles. The number of carboxylic acid groups (broad SMARTS) is 1. The molecule has 1 atom stereocenters. The smallest absolute Gasteiger partial charge is 0.326 e. The molecule has 2 aromatic carbocycles. The van der Waals surface area contributed by atoms with Crippen molar-refractivity contribution in [3.8, 4) is 0 Å². The van der Waals surface area contributed by atoms with E-state index in [9.17, 15) is 19.1 Å². The molecule has 1 amide bonds. The molecular formula is C16H12Cl2FNO3. The van der Waals surface area contributed by atoms with Gasteiger partial charge in [0.15, 0.2) is 0 Å². The van der Waals surface area contributed by atoms with E-state index in [4.69, 9.17) is 23.2 Å². The van der Waals surface area contributed by atoms with Crippen molar-refractivity contribution in [3.63, 3.8) is 0 Å². The van der Waals surface area contributed by atoms with Crippen LogP contribution in [0.1, 0.15) is 15.9 Å². The van der Waals surface area contributed by atoms with Gasteiger partial charge in [0, 0.05) is 16.5 Å². The van der Waals surface area contributed by atoms with Gasteiger partial charge in [-0.05, 0) is 29.8 Å². The molecule has 23 heavy (non-hydrogen) atoms. The predicted molar refractivity (Wildman–Crippen MR) is 85.5 cm³/mol. The third-order valence-corrected chi connectivity index (χ3v) is 3.90. The van der Waals surface area contributed by atoms with E-state index in [0.717, 1.165) is 6.07 Å². The number of carbonyl (C=O) groups excluding carboxylic acids is 1. The standard InChI is InChI=1S/C16H12Cl2FNO3/c17-11-5-3-6-12(18)10(11)8-14(16(22)23)20-15(21)9-4-1-2-7-13(9)19/h1-7,14H,8H2,(H,20,21)(H,22,23)/t14-/m1/s1. The molecule has 2 rings (SSSR count). The Hall–Kier alpha value is -2.11. The Bertz CT molecular complexity index is 732. The summed E-state index contributed by atoms with van der Waals surface area (Å²) in [7, 11) is 0. The second kappa shape index (κ2) is 7.44. The number of nitrogens with one attached hydrogen (secondary N) is 1. The fourth-order valence-corrected chi connectivity index (χ4v) is 2.56. The maximum absolute atomic E-state index is 13.6. The predicted octanol–water partition coefficient (Wildman–Crippen LogP) is 3.56. The summed E-state index contributed by atoms with van der Waals surface area (Å²) in [5, 5.41) is 12.2. The summed E-state index contributed by atoms with van der Waals surface area (Å²) >= 11 is 12.0. The maximum atomic E-state index is 13.6. The summed E-state index contributed by atoms with van der Waals surface area (Å²) in [6.07, 6.45) is -0.117. The molecule has 0 aromatic heterocycles. The lowest BCUT2D eigenvalue weighted by molar-refractivity contribution is -0.139. The largest absolute Gasteiger partial charge is 0.480 e. The summed E-state index contributed by atoms with van der Waals surface area (Å²) < 4.78 is 13.6. The minimum absolute atomic E-state index is 0.117. The molecule has 0 unspecified atom stereocenters. The van der Waals surface area contributed by atoms with Crippen molar-refractivity contribution in [2.24, 2.45) is 0 Å². The summed E-state index contributed by atoms with van der Waals surface area (Å²) in [4.78, 5) is 23.4. The highest BCUT2D eigenvalue weighted by Crippen LogP contribution is 2.25. The first-order valence-electron chi connectivity index (χ1n) is 6.61. The number of hydrogen-bond acceptors (Lipinski definition) is 2. The molecule has 0 aliphatic rings. The van der Waals surface area contributed by atoms with Crippen molar-refractivity contribution in [1.82, 2.24) is 5.32 Å². The topological polar surface area (TPSA) is 66.4 Å². The lowest BCUT2D eigenvalue weighted by Gasteiger charge is -2.16. The zero-order valence-corrected chi connectivity index (χ0v) is 13.2. The number of carbonyl (C=O) groups is 2. The van der Waals surface area contributed by atoms with Gasteiger partial charge in [0.25, 0.3) is 5.91 Å². The van der Waals surface area contributed by atoms with Gasteiger partial charge in [-0.1, -0.05) is 41.4 Å². The Morgan fingerprint density at radius 1 is 1.09 bits per heavy atom. The summed E-state index contributed by atoms with van der Waals surface area (Å²) in [5.74, 6) is -2.82. The third kappa shape index (κ3) is 4.21. The van der Waals surface area contributed by atoms with Crippen molar-refractivity contribution in [3.05, 3.63) is 69.5 Å². The lowest BCUT2D eigenvalue weighted by Crippen LogP contribution is -2.42. The van der Waals surface area contributed by atoms with E-state index in [1.807, 2.05) is 0 Å². The number of halogens is 3. The molecule has 0 spiro atoms. The molecule has 0 heterocycles. The van der Waals surface area contributed by atoms with Crippen LogP contribution < -0.4 is 5.32 Å². The second-order valence-corrected chi connectivity index (χ2v) is 5.56. The Kier molecular flexibility index (Phi) is 5.58. The fraction of sp³-hybridized carbons (Fsp3) is 0.125. The van der Waals surface area contributed by atoms with Gasteiger partial charge in [0.1, 0.15) is 11.9 Å². The Labute approximate surface area is 141 Å². The number of amides is 1. The number of rotatable bonds is 5. The van der Waals surface area contributed by atoms with E-state index < -0.39 is 23.7 Å². The van der Waals surface area contributed by atoms with Gasteiger partial charge >= 0.3 is 5.97 Å². The van der Waals surface area contributed by atoms with Crippen LogP contribution >= 0.6 is 23.2 Å². The lowest BCUT2D eigenvalue weighted by atomic mass is 10.0. The minimum Gasteiger partial charge on any atom is -0.480 e. The Morgan fingerprint density at radius 3 is 2.26 bits per heavy atom. The van der Waals surface area contributed by atoms with Crippen LogP contribution in [0, 0.1) is 5.82 Å². The van der Waals surface area contributed by atoms with Crippen LogP contribution in [-0.2, 0) is 11.2 Å². The summed E-state index contributed by atoms with van der Waals surface area (Å²) in [5.41, 5.74) is 0.168. The van der Waals surface area contributed by atoms with Gasteiger partial charge in [-0.25, -0.2) is 9.18 Å². The van der Waals surface area contributed by atoms with Crippen LogP contribution in [-0.4, -0.2) is 23.0 Å². The average molecular weight is 356 g/mol. The monoisotopic (exact) mass is 355 g/mol. The summed E-state index contributed by atoms with van der Waals surface area (Å²) in [6.45, 7) is 0. The molecular weight excluding hydrogens is 344 g/mol. The molecule has 0 saturated carbocycles. The molecule has 4 nitrogen and oxygen atoms in total. The highest BCUT2D eigenvalue weighted by Gasteiger charge is 2.24. The molecule has 0 aliphatic heterocycles. The van der Waals surface area contributed by atoms with Gasteiger partial charge < -0.3 is 10.4 Å². The minimum atomic E-state index is -1.29. The average Bonchev–Trinajstić information content (AvgIpc) is 2.50. The number of carboxylic acids is 1. The Morgan fingerprint density at radius 2 is 1.70 bits per heavy atom. The zero-order valence-electron chi connectivity index (χ0n) is 11.7. The maximum Gasteiger partial charge on any atom is 0.326 e. The van der Waals surface area contributed by atoms with Gasteiger partial charge in [0.2, 0.25) is 0 Å². The van der Waals surface area contributed by atoms with Crippen LogP contribution in [0.25, 0.3) is 0 Å². The molecule has 0 fully saturated rings. The normalized spacial score (nSPS) is 11.8. The zero-order chi connectivity index (χ0) is 17.0. The fourth-order valence-electron chi connectivity index (χ4n) is 2.01. The second-order valence-electron chi connectivity index (χ2n) is 4.75. The molecule has 0 radical (unpaired) electrons. The SMILES string of the molecule is O=C(N[C@H](Cc1c(Cl)cccc1Cl)C(=O)O)c1ccccc1F. The van der Waals surface area contributed by atoms with Crippen molar-refractivity contribution in [1.29, 1.82) is 0 Å². The van der Waals surface area contributed by atoms with Crippen molar-refractivity contribution in [2.75, 3.05) is 0 Å². The molecule has 2 aromatic rings.